The number of esters is 1. The number of rotatable bonds is 40. The van der Waals surface area contributed by atoms with E-state index in [2.05, 4.69) is 43.5 Å². The molecule has 10 heteroatoms. The van der Waals surface area contributed by atoms with Crippen molar-refractivity contribution in [2.75, 3.05) is 26.4 Å². The Labute approximate surface area is 319 Å². The number of allylic oxidation sites excluding steroid dienone is 4. The zero-order valence-electron chi connectivity index (χ0n) is 33.5. The molecule has 9 nitrogen and oxygen atoms in total. The van der Waals surface area contributed by atoms with Gasteiger partial charge in [-0.2, -0.15) is 0 Å². The molecular formula is C42H80NO8P. The molecule has 0 aliphatic heterocycles. The van der Waals surface area contributed by atoms with Gasteiger partial charge in [-0.05, 0) is 44.9 Å². The topological polar surface area (TPSA) is 131 Å². The van der Waals surface area contributed by atoms with Gasteiger partial charge >= 0.3 is 13.8 Å². The van der Waals surface area contributed by atoms with Crippen LogP contribution >= 0.6 is 7.82 Å². The van der Waals surface area contributed by atoms with Gasteiger partial charge in [0.05, 0.1) is 13.2 Å². The summed E-state index contributed by atoms with van der Waals surface area (Å²) in [5, 5.41) is 12.6. The van der Waals surface area contributed by atoms with Crippen molar-refractivity contribution in [1.82, 2.24) is 5.32 Å². The first-order valence-electron chi connectivity index (χ1n) is 21.3. The minimum Gasteiger partial charge on any atom is -0.463 e. The van der Waals surface area contributed by atoms with E-state index >= 15 is 0 Å². The summed E-state index contributed by atoms with van der Waals surface area (Å²) in [7, 11) is -4.41. The molecule has 306 valence electrons. The number of phosphoric ester groups is 1. The molecule has 0 aromatic heterocycles. The number of phosphoric acid groups is 1. The summed E-state index contributed by atoms with van der Waals surface area (Å²) in [4.78, 5) is 33.7. The average molecular weight is 758 g/mol. The number of aliphatic hydroxyl groups is 1. The maximum atomic E-state index is 12.1. The Bertz CT molecular complexity index is 912. The lowest BCUT2D eigenvalue weighted by Crippen LogP contribution is -2.27. The van der Waals surface area contributed by atoms with Gasteiger partial charge in [-0.15, -0.1) is 0 Å². The summed E-state index contributed by atoms with van der Waals surface area (Å²) in [6, 6.07) is 0. The number of hydrogen-bond acceptors (Lipinski definition) is 7. The summed E-state index contributed by atoms with van der Waals surface area (Å²) >= 11 is 0. The Morgan fingerprint density at radius 1 is 0.596 bits per heavy atom. The van der Waals surface area contributed by atoms with Crippen LogP contribution in [-0.2, 0) is 27.9 Å². The molecular weight excluding hydrogens is 677 g/mol. The van der Waals surface area contributed by atoms with E-state index in [0.29, 0.717) is 6.42 Å². The molecule has 0 fully saturated rings. The molecule has 0 aliphatic rings. The third kappa shape index (κ3) is 39.7. The monoisotopic (exact) mass is 758 g/mol. The highest BCUT2D eigenvalue weighted by atomic mass is 31.2. The number of nitrogens with one attached hydrogen (secondary N) is 1. The molecule has 52 heavy (non-hydrogen) atoms. The number of carbonyl (C=O) groups excluding carboxylic acids is 2. The quantitative estimate of drug-likeness (QED) is 0.0244. The molecule has 0 rings (SSSR count). The SMILES string of the molecule is CCCCC/C=C\C/C=C\CCCCCCCCCCCCCCCC(=O)NCCOP(=O)(O)OCC(O)COC(=O)CCCCCCCCCC. The van der Waals surface area contributed by atoms with Gasteiger partial charge in [-0.1, -0.05) is 167 Å². The average Bonchev–Trinajstić information content (AvgIpc) is 3.13. The normalized spacial score (nSPS) is 13.5. The van der Waals surface area contributed by atoms with E-state index in [9.17, 15) is 24.2 Å². The van der Waals surface area contributed by atoms with Crippen LogP contribution in [0.4, 0.5) is 0 Å². The van der Waals surface area contributed by atoms with Crippen molar-refractivity contribution in [3.05, 3.63) is 24.3 Å². The van der Waals surface area contributed by atoms with E-state index in [4.69, 9.17) is 13.8 Å². The summed E-state index contributed by atoms with van der Waals surface area (Å²) in [6.07, 6.45) is 41.3. The van der Waals surface area contributed by atoms with Crippen LogP contribution in [0.25, 0.3) is 0 Å². The highest BCUT2D eigenvalue weighted by Crippen LogP contribution is 2.42. The van der Waals surface area contributed by atoms with Gasteiger partial charge in [-0.25, -0.2) is 4.57 Å². The predicted octanol–water partition coefficient (Wildman–Crippen LogP) is 11.6. The maximum absolute atomic E-state index is 12.1. The highest BCUT2D eigenvalue weighted by Gasteiger charge is 2.23. The van der Waals surface area contributed by atoms with Crippen molar-refractivity contribution in [3.8, 4) is 0 Å². The standard InChI is InChI=1S/C42H80NO8P/c1-3-5-7-9-11-13-14-15-16-17-18-19-20-21-22-23-24-25-26-27-28-30-32-34-41(45)43-36-37-50-52(47,48)51-39-40(44)38-49-42(46)35-33-31-29-12-10-8-6-4-2/h11,13,15-16,40,44H,3-10,12,14,17-39H2,1-2H3,(H,43,45)(H,47,48)/b13-11-,16-15-. The van der Waals surface area contributed by atoms with Crippen molar-refractivity contribution in [2.45, 2.75) is 206 Å². The number of unbranched alkanes of at least 4 members (excludes halogenated alkanes) is 23. The molecule has 0 spiro atoms. The number of carbonyl (C=O) groups is 2. The lowest BCUT2D eigenvalue weighted by molar-refractivity contribution is -0.147. The minimum absolute atomic E-state index is 0.0837. The van der Waals surface area contributed by atoms with Gasteiger partial charge in [0, 0.05) is 19.4 Å². The van der Waals surface area contributed by atoms with Crippen LogP contribution in [0, 0.1) is 0 Å². The van der Waals surface area contributed by atoms with E-state index in [0.717, 1.165) is 44.9 Å². The zero-order valence-corrected chi connectivity index (χ0v) is 34.4. The second kappa shape index (κ2) is 39.2. The first-order valence-corrected chi connectivity index (χ1v) is 22.8. The van der Waals surface area contributed by atoms with Crippen LogP contribution in [0.5, 0.6) is 0 Å². The van der Waals surface area contributed by atoms with Gasteiger partial charge in [-0.3, -0.25) is 18.6 Å². The third-order valence-corrected chi connectivity index (χ3v) is 10.1. The van der Waals surface area contributed by atoms with Crippen LogP contribution in [0.1, 0.15) is 200 Å². The van der Waals surface area contributed by atoms with Crippen molar-refractivity contribution >= 4 is 19.7 Å². The zero-order chi connectivity index (χ0) is 38.2. The fraction of sp³-hybridized carbons (Fsp3) is 0.857. The van der Waals surface area contributed by atoms with E-state index in [-0.39, 0.29) is 32.1 Å². The minimum atomic E-state index is -4.41. The Morgan fingerprint density at radius 2 is 1.04 bits per heavy atom. The first kappa shape index (κ1) is 50.5. The Hall–Kier alpha value is -1.51. The fourth-order valence-electron chi connectivity index (χ4n) is 5.88. The van der Waals surface area contributed by atoms with Crippen LogP contribution < -0.4 is 5.32 Å². The van der Waals surface area contributed by atoms with Crippen LogP contribution in [-0.4, -0.2) is 54.3 Å². The van der Waals surface area contributed by atoms with E-state index in [1.807, 2.05) is 0 Å². The number of hydrogen-bond donors (Lipinski definition) is 3. The molecule has 3 N–H and O–H groups in total. The lowest BCUT2D eigenvalue weighted by atomic mass is 10.0. The van der Waals surface area contributed by atoms with Crippen molar-refractivity contribution in [3.63, 3.8) is 0 Å². The summed E-state index contributed by atoms with van der Waals surface area (Å²) < 4.78 is 26.7. The van der Waals surface area contributed by atoms with Crippen molar-refractivity contribution in [1.29, 1.82) is 0 Å². The highest BCUT2D eigenvalue weighted by molar-refractivity contribution is 7.47. The molecule has 2 unspecified atom stereocenters. The summed E-state index contributed by atoms with van der Waals surface area (Å²) in [5.74, 6) is -0.517. The van der Waals surface area contributed by atoms with Gasteiger partial charge in [0.1, 0.15) is 12.7 Å². The number of amides is 1. The summed E-state index contributed by atoms with van der Waals surface area (Å²) in [6.45, 7) is 3.50. The van der Waals surface area contributed by atoms with Crippen LogP contribution in [0.15, 0.2) is 24.3 Å². The Kier molecular flexibility index (Phi) is 38.1. The lowest BCUT2D eigenvalue weighted by Gasteiger charge is -2.15. The van der Waals surface area contributed by atoms with Crippen LogP contribution in [0.2, 0.25) is 0 Å². The maximum Gasteiger partial charge on any atom is 0.472 e. The first-order chi connectivity index (χ1) is 25.3. The smallest absolute Gasteiger partial charge is 0.463 e. The fourth-order valence-corrected chi connectivity index (χ4v) is 6.64. The Morgan fingerprint density at radius 3 is 1.58 bits per heavy atom. The largest absolute Gasteiger partial charge is 0.472 e. The van der Waals surface area contributed by atoms with Gasteiger partial charge < -0.3 is 20.1 Å². The van der Waals surface area contributed by atoms with Gasteiger partial charge in [0.15, 0.2) is 0 Å². The molecule has 2 atom stereocenters. The van der Waals surface area contributed by atoms with Crippen LogP contribution in [0.3, 0.4) is 0 Å². The van der Waals surface area contributed by atoms with Gasteiger partial charge in [0.25, 0.3) is 0 Å². The number of ether oxygens (including phenoxy) is 1. The molecule has 0 aromatic rings. The third-order valence-electron chi connectivity index (χ3n) is 9.13. The molecule has 0 radical (unpaired) electrons. The second-order valence-corrected chi connectivity index (χ2v) is 15.8. The molecule has 1 amide bonds. The summed E-state index contributed by atoms with van der Waals surface area (Å²) in [5.41, 5.74) is 0. The predicted molar refractivity (Wildman–Crippen MR) is 215 cm³/mol. The van der Waals surface area contributed by atoms with E-state index in [1.54, 1.807) is 0 Å². The van der Waals surface area contributed by atoms with E-state index < -0.39 is 26.5 Å². The molecule has 0 saturated carbocycles. The number of aliphatic hydroxyl groups excluding tert-OH is 1. The molecule has 0 aromatic carbocycles. The molecule has 0 aliphatic carbocycles. The van der Waals surface area contributed by atoms with Crippen molar-refractivity contribution in [2.24, 2.45) is 0 Å². The van der Waals surface area contributed by atoms with Crippen molar-refractivity contribution < 1.29 is 37.9 Å². The van der Waals surface area contributed by atoms with Gasteiger partial charge in [0.2, 0.25) is 5.91 Å². The molecule has 0 saturated heterocycles. The Balaban J connectivity index is 3.53. The second-order valence-electron chi connectivity index (χ2n) is 14.3. The molecule has 0 heterocycles. The molecule has 0 bridgehead atoms. The van der Waals surface area contributed by atoms with E-state index in [1.165, 1.54) is 128 Å².